The van der Waals surface area contributed by atoms with Crippen LogP contribution in [-0.4, -0.2) is 17.6 Å². The third-order valence-corrected chi connectivity index (χ3v) is 4.56. The summed E-state index contributed by atoms with van der Waals surface area (Å²) in [5.41, 5.74) is 2.32. The Morgan fingerprint density at radius 3 is 2.43 bits per heavy atom. The van der Waals surface area contributed by atoms with E-state index in [1.54, 1.807) is 6.07 Å². The van der Waals surface area contributed by atoms with Crippen molar-refractivity contribution < 1.29 is 9.59 Å². The number of thioether (sulfide) groups is 1. The predicted molar refractivity (Wildman–Crippen MR) is 99.0 cm³/mol. The number of aryl methyl sites for hydroxylation is 1. The van der Waals surface area contributed by atoms with Gasteiger partial charge in [0.15, 0.2) is 0 Å². The molecule has 23 heavy (non-hydrogen) atoms. The van der Waals surface area contributed by atoms with Gasteiger partial charge in [-0.3, -0.25) is 9.59 Å². The van der Waals surface area contributed by atoms with Gasteiger partial charge in [0.25, 0.3) is 0 Å². The molecule has 0 atom stereocenters. The second-order valence-corrected chi connectivity index (χ2v) is 6.97. The summed E-state index contributed by atoms with van der Waals surface area (Å²) in [6, 6.07) is 13.3. The number of carbonyl (C=O) groups excluding carboxylic acids is 2. The average Bonchev–Trinajstić information content (AvgIpc) is 2.49. The van der Waals surface area contributed by atoms with Crippen molar-refractivity contribution in [3.63, 3.8) is 0 Å². The van der Waals surface area contributed by atoms with Gasteiger partial charge in [0.05, 0.1) is 5.75 Å². The number of anilines is 2. The molecule has 0 spiro atoms. The molecule has 2 amide bonds. The summed E-state index contributed by atoms with van der Waals surface area (Å²) >= 11 is 4.85. The van der Waals surface area contributed by atoms with E-state index < -0.39 is 0 Å². The molecule has 0 aliphatic rings. The van der Waals surface area contributed by atoms with E-state index in [1.807, 2.05) is 43.3 Å². The minimum atomic E-state index is -0.137. The summed E-state index contributed by atoms with van der Waals surface area (Å²) in [4.78, 5) is 24.3. The molecule has 2 aromatic rings. The molecule has 0 saturated heterocycles. The van der Waals surface area contributed by atoms with Gasteiger partial charge in [0.1, 0.15) is 0 Å². The molecule has 0 fully saturated rings. The van der Waals surface area contributed by atoms with Crippen LogP contribution in [0.2, 0.25) is 0 Å². The Bertz CT molecular complexity index is 717. The third kappa shape index (κ3) is 5.73. The summed E-state index contributed by atoms with van der Waals surface area (Å²) in [7, 11) is 0. The zero-order chi connectivity index (χ0) is 16.8. The molecule has 2 aromatic carbocycles. The maximum Gasteiger partial charge on any atom is 0.234 e. The van der Waals surface area contributed by atoms with Crippen LogP contribution in [-0.2, 0) is 9.59 Å². The van der Waals surface area contributed by atoms with Crippen LogP contribution in [0.4, 0.5) is 11.4 Å². The number of hydrogen-bond acceptors (Lipinski definition) is 3. The zero-order valence-electron chi connectivity index (χ0n) is 12.9. The van der Waals surface area contributed by atoms with Crippen molar-refractivity contribution in [1.82, 2.24) is 0 Å². The molecule has 0 saturated carbocycles. The van der Waals surface area contributed by atoms with Crippen LogP contribution >= 0.6 is 27.7 Å². The molecule has 0 aliphatic carbocycles. The first-order valence-electron chi connectivity index (χ1n) is 7.00. The van der Waals surface area contributed by atoms with E-state index in [2.05, 4.69) is 26.6 Å². The number of carbonyl (C=O) groups is 2. The molecule has 0 bridgehead atoms. The third-order valence-electron chi connectivity index (χ3n) is 3.02. The maximum atomic E-state index is 12.0. The van der Waals surface area contributed by atoms with Crippen LogP contribution < -0.4 is 10.6 Å². The Morgan fingerprint density at radius 2 is 1.78 bits per heavy atom. The van der Waals surface area contributed by atoms with Crippen molar-refractivity contribution in [3.05, 3.63) is 52.5 Å². The first kappa shape index (κ1) is 17.6. The first-order chi connectivity index (χ1) is 10.9. The minimum absolute atomic E-state index is 0.0875. The molecular weight excluding hydrogens is 376 g/mol. The van der Waals surface area contributed by atoms with E-state index >= 15 is 0 Å². The molecule has 6 heteroatoms. The lowest BCUT2D eigenvalue weighted by atomic mass is 10.2. The molecule has 0 aliphatic heterocycles. The van der Waals surface area contributed by atoms with Gasteiger partial charge in [-0.25, -0.2) is 0 Å². The summed E-state index contributed by atoms with van der Waals surface area (Å²) in [6.07, 6.45) is 0. The lowest BCUT2D eigenvalue weighted by Crippen LogP contribution is -2.14. The molecule has 2 N–H and O–H groups in total. The molecule has 0 radical (unpaired) electrons. The van der Waals surface area contributed by atoms with Gasteiger partial charge in [-0.15, -0.1) is 11.8 Å². The van der Waals surface area contributed by atoms with E-state index in [0.717, 1.165) is 14.9 Å². The van der Waals surface area contributed by atoms with E-state index in [0.29, 0.717) is 17.1 Å². The number of amides is 2. The predicted octanol–water partition coefficient (Wildman–Crippen LogP) is 4.45. The quantitative estimate of drug-likeness (QED) is 0.739. The van der Waals surface area contributed by atoms with Crippen LogP contribution in [0.5, 0.6) is 0 Å². The molecule has 0 heterocycles. The Kier molecular flexibility index (Phi) is 6.24. The van der Waals surface area contributed by atoms with Crippen molar-refractivity contribution in [1.29, 1.82) is 0 Å². The maximum absolute atomic E-state index is 12.0. The fraction of sp³-hybridized carbons (Fsp3) is 0.176. The molecule has 4 nitrogen and oxygen atoms in total. The molecule has 120 valence electrons. The summed E-state index contributed by atoms with van der Waals surface area (Å²) in [5.74, 6) is 0.100. The lowest BCUT2D eigenvalue weighted by Gasteiger charge is -2.10. The molecule has 0 aromatic heterocycles. The average molecular weight is 393 g/mol. The zero-order valence-corrected chi connectivity index (χ0v) is 15.3. The van der Waals surface area contributed by atoms with Gasteiger partial charge >= 0.3 is 0 Å². The van der Waals surface area contributed by atoms with Gasteiger partial charge in [-0.05, 0) is 48.9 Å². The number of halogens is 1. The fourth-order valence-electron chi connectivity index (χ4n) is 1.90. The molecule has 2 rings (SSSR count). The van der Waals surface area contributed by atoms with Crippen LogP contribution in [0.25, 0.3) is 0 Å². The van der Waals surface area contributed by atoms with Gasteiger partial charge < -0.3 is 10.6 Å². The Morgan fingerprint density at radius 1 is 1.09 bits per heavy atom. The van der Waals surface area contributed by atoms with E-state index in [9.17, 15) is 9.59 Å². The SMILES string of the molecule is CC(=O)Nc1cc(NC(=O)CSc2ccc(Br)cc2)ccc1C. The van der Waals surface area contributed by atoms with Gasteiger partial charge in [0, 0.05) is 27.7 Å². The lowest BCUT2D eigenvalue weighted by molar-refractivity contribution is -0.114. The van der Waals surface area contributed by atoms with Crippen LogP contribution in [0.15, 0.2) is 51.8 Å². The minimum Gasteiger partial charge on any atom is -0.326 e. The van der Waals surface area contributed by atoms with Crippen LogP contribution in [0, 0.1) is 6.92 Å². The summed E-state index contributed by atoms with van der Waals surface area (Å²) < 4.78 is 1.01. The van der Waals surface area contributed by atoms with Gasteiger partial charge in [-0.1, -0.05) is 22.0 Å². The van der Waals surface area contributed by atoms with Crippen LogP contribution in [0.1, 0.15) is 12.5 Å². The van der Waals surface area contributed by atoms with Gasteiger partial charge in [0.2, 0.25) is 11.8 Å². The highest BCUT2D eigenvalue weighted by Gasteiger charge is 2.07. The highest BCUT2D eigenvalue weighted by molar-refractivity contribution is 9.10. The number of benzene rings is 2. The molecule has 0 unspecified atom stereocenters. The molecular formula is C17H17BrN2O2S. The highest BCUT2D eigenvalue weighted by atomic mass is 79.9. The smallest absolute Gasteiger partial charge is 0.234 e. The Hall–Kier alpha value is -1.79. The van der Waals surface area contributed by atoms with E-state index in [1.165, 1.54) is 18.7 Å². The Balaban J connectivity index is 1.94. The number of hydrogen-bond donors (Lipinski definition) is 2. The highest BCUT2D eigenvalue weighted by Crippen LogP contribution is 2.22. The number of rotatable bonds is 5. The standard InChI is InChI=1S/C17H17BrN2O2S/c1-11-3-6-14(9-16(11)19-12(2)21)20-17(22)10-23-15-7-4-13(18)5-8-15/h3-9H,10H2,1-2H3,(H,19,21)(H,20,22). The van der Waals surface area contributed by atoms with Crippen molar-refractivity contribution in [3.8, 4) is 0 Å². The van der Waals surface area contributed by atoms with Crippen LogP contribution in [0.3, 0.4) is 0 Å². The van der Waals surface area contributed by atoms with Crippen molar-refractivity contribution in [2.24, 2.45) is 0 Å². The Labute approximate surface area is 148 Å². The monoisotopic (exact) mass is 392 g/mol. The summed E-state index contributed by atoms with van der Waals surface area (Å²) in [6.45, 7) is 3.36. The van der Waals surface area contributed by atoms with Crippen molar-refractivity contribution in [2.45, 2.75) is 18.7 Å². The largest absolute Gasteiger partial charge is 0.326 e. The van der Waals surface area contributed by atoms with Gasteiger partial charge in [-0.2, -0.15) is 0 Å². The first-order valence-corrected chi connectivity index (χ1v) is 8.78. The van der Waals surface area contributed by atoms with E-state index in [-0.39, 0.29) is 11.8 Å². The second kappa shape index (κ2) is 8.17. The number of nitrogens with one attached hydrogen (secondary N) is 2. The van der Waals surface area contributed by atoms with Crippen molar-refractivity contribution in [2.75, 3.05) is 16.4 Å². The summed E-state index contributed by atoms with van der Waals surface area (Å²) in [5, 5.41) is 5.59. The topological polar surface area (TPSA) is 58.2 Å². The van der Waals surface area contributed by atoms with E-state index in [4.69, 9.17) is 0 Å². The second-order valence-electron chi connectivity index (χ2n) is 5.00. The normalized spacial score (nSPS) is 10.2. The fourth-order valence-corrected chi connectivity index (χ4v) is 2.86. The van der Waals surface area contributed by atoms with Crippen molar-refractivity contribution >= 4 is 50.9 Å².